The fourth-order valence-electron chi connectivity index (χ4n) is 1.11. The Balaban J connectivity index is 3.03. The molecule has 1 aromatic rings. The molecule has 0 radical (unpaired) electrons. The Morgan fingerprint density at radius 2 is 2.38 bits per heavy atom. The minimum Gasteiger partial charge on any atom is -0.394 e. The van der Waals surface area contributed by atoms with Crippen molar-refractivity contribution in [2.24, 2.45) is 0 Å². The molecule has 1 N–H and O–H groups in total. The SMILES string of the molecule is CC(CO)N(C)c1ncc([N+](=O)[O-])cc1Br. The Bertz CT molecular complexity index is 400. The summed E-state index contributed by atoms with van der Waals surface area (Å²) >= 11 is 3.22. The Morgan fingerprint density at radius 3 is 2.81 bits per heavy atom. The van der Waals surface area contributed by atoms with Crippen molar-refractivity contribution in [1.29, 1.82) is 0 Å². The maximum Gasteiger partial charge on any atom is 0.288 e. The van der Waals surface area contributed by atoms with Gasteiger partial charge in [0.1, 0.15) is 12.0 Å². The minimum atomic E-state index is -0.503. The van der Waals surface area contributed by atoms with E-state index in [0.717, 1.165) is 0 Å². The summed E-state index contributed by atoms with van der Waals surface area (Å²) in [7, 11) is 1.76. The van der Waals surface area contributed by atoms with Gasteiger partial charge < -0.3 is 10.0 Å². The van der Waals surface area contributed by atoms with Crippen LogP contribution in [0.3, 0.4) is 0 Å². The number of nitrogens with zero attached hydrogens (tertiary/aromatic N) is 3. The number of halogens is 1. The van der Waals surface area contributed by atoms with E-state index in [4.69, 9.17) is 5.11 Å². The third kappa shape index (κ3) is 2.67. The van der Waals surface area contributed by atoms with E-state index in [9.17, 15) is 10.1 Å². The van der Waals surface area contributed by atoms with Crippen LogP contribution < -0.4 is 4.90 Å². The van der Waals surface area contributed by atoms with E-state index < -0.39 is 4.92 Å². The lowest BCUT2D eigenvalue weighted by molar-refractivity contribution is -0.385. The number of nitro groups is 1. The zero-order valence-electron chi connectivity index (χ0n) is 8.92. The number of pyridine rings is 1. The van der Waals surface area contributed by atoms with Crippen LogP contribution >= 0.6 is 15.9 Å². The summed E-state index contributed by atoms with van der Waals surface area (Å²) in [4.78, 5) is 15.8. The normalized spacial score (nSPS) is 12.2. The van der Waals surface area contributed by atoms with Crippen molar-refractivity contribution < 1.29 is 10.0 Å². The molecule has 1 atom stereocenters. The van der Waals surface area contributed by atoms with Gasteiger partial charge in [-0.25, -0.2) is 4.98 Å². The van der Waals surface area contributed by atoms with Gasteiger partial charge in [0.25, 0.3) is 5.69 Å². The predicted octanol–water partition coefficient (Wildman–Crippen LogP) is 1.57. The largest absolute Gasteiger partial charge is 0.394 e. The number of aromatic nitrogens is 1. The Hall–Kier alpha value is -1.21. The maximum absolute atomic E-state index is 10.5. The molecule has 0 bridgehead atoms. The molecule has 0 amide bonds. The molecule has 0 saturated carbocycles. The zero-order valence-corrected chi connectivity index (χ0v) is 10.5. The van der Waals surface area contributed by atoms with Crippen LogP contribution in [0.1, 0.15) is 6.92 Å². The lowest BCUT2D eigenvalue weighted by atomic mass is 10.3. The first-order chi connectivity index (χ1) is 7.47. The lowest BCUT2D eigenvalue weighted by Crippen LogP contribution is -2.32. The summed E-state index contributed by atoms with van der Waals surface area (Å²) in [5.74, 6) is 0.562. The van der Waals surface area contributed by atoms with Crippen LogP contribution in [0.4, 0.5) is 11.5 Å². The van der Waals surface area contributed by atoms with E-state index >= 15 is 0 Å². The van der Waals surface area contributed by atoms with E-state index in [1.165, 1.54) is 12.3 Å². The third-order valence-corrected chi connectivity index (χ3v) is 2.86. The van der Waals surface area contributed by atoms with Crippen LogP contribution in [0.15, 0.2) is 16.7 Å². The van der Waals surface area contributed by atoms with Gasteiger partial charge in [0.05, 0.1) is 22.0 Å². The third-order valence-electron chi connectivity index (χ3n) is 2.28. The first-order valence-electron chi connectivity index (χ1n) is 4.61. The minimum absolute atomic E-state index is 0.0123. The monoisotopic (exact) mass is 289 g/mol. The summed E-state index contributed by atoms with van der Waals surface area (Å²) in [5.41, 5.74) is -0.0688. The molecular weight excluding hydrogens is 278 g/mol. The highest BCUT2D eigenvalue weighted by molar-refractivity contribution is 9.10. The predicted molar refractivity (Wildman–Crippen MR) is 63.5 cm³/mol. The fourth-order valence-corrected chi connectivity index (χ4v) is 1.73. The summed E-state index contributed by atoms with van der Waals surface area (Å²) in [6.07, 6.45) is 1.20. The van der Waals surface area contributed by atoms with Gasteiger partial charge in [-0.1, -0.05) is 0 Å². The highest BCUT2D eigenvalue weighted by atomic mass is 79.9. The van der Waals surface area contributed by atoms with Crippen molar-refractivity contribution >= 4 is 27.4 Å². The van der Waals surface area contributed by atoms with Gasteiger partial charge >= 0.3 is 0 Å². The van der Waals surface area contributed by atoms with E-state index in [0.29, 0.717) is 10.3 Å². The van der Waals surface area contributed by atoms with Crippen LogP contribution in [-0.2, 0) is 0 Å². The Morgan fingerprint density at radius 1 is 1.75 bits per heavy atom. The molecule has 1 aromatic heterocycles. The van der Waals surface area contributed by atoms with E-state index in [1.807, 2.05) is 6.92 Å². The van der Waals surface area contributed by atoms with Crippen LogP contribution in [-0.4, -0.2) is 34.7 Å². The number of hydrogen-bond donors (Lipinski definition) is 1. The number of rotatable bonds is 4. The van der Waals surface area contributed by atoms with E-state index in [2.05, 4.69) is 20.9 Å². The highest BCUT2D eigenvalue weighted by Crippen LogP contribution is 2.27. The van der Waals surface area contributed by atoms with Crippen molar-refractivity contribution in [2.45, 2.75) is 13.0 Å². The summed E-state index contributed by atoms with van der Waals surface area (Å²) < 4.78 is 0.532. The fraction of sp³-hybridized carbons (Fsp3) is 0.444. The zero-order chi connectivity index (χ0) is 12.3. The first kappa shape index (κ1) is 12.9. The molecule has 7 heteroatoms. The molecule has 0 aliphatic heterocycles. The van der Waals surface area contributed by atoms with Crippen molar-refractivity contribution in [1.82, 2.24) is 4.98 Å². The number of aliphatic hydroxyl groups excluding tert-OH is 1. The number of anilines is 1. The number of aliphatic hydroxyl groups is 1. The van der Waals surface area contributed by atoms with Crippen molar-refractivity contribution in [3.05, 3.63) is 26.9 Å². The number of hydrogen-bond acceptors (Lipinski definition) is 5. The smallest absolute Gasteiger partial charge is 0.288 e. The molecule has 0 fully saturated rings. The van der Waals surface area contributed by atoms with E-state index in [1.54, 1.807) is 11.9 Å². The molecule has 0 spiro atoms. The quantitative estimate of drug-likeness (QED) is 0.672. The molecule has 0 aliphatic carbocycles. The van der Waals surface area contributed by atoms with Crippen molar-refractivity contribution in [3.63, 3.8) is 0 Å². The molecule has 0 saturated heterocycles. The van der Waals surface area contributed by atoms with Gasteiger partial charge in [0.2, 0.25) is 0 Å². The summed E-state index contributed by atoms with van der Waals surface area (Å²) in [6, 6.07) is 1.29. The molecule has 16 heavy (non-hydrogen) atoms. The molecule has 6 nitrogen and oxygen atoms in total. The first-order valence-corrected chi connectivity index (χ1v) is 5.40. The van der Waals surface area contributed by atoms with Gasteiger partial charge in [-0.2, -0.15) is 0 Å². The molecular formula is C9H12BrN3O3. The topological polar surface area (TPSA) is 79.5 Å². The highest BCUT2D eigenvalue weighted by Gasteiger charge is 2.16. The van der Waals surface area contributed by atoms with Crippen molar-refractivity contribution in [2.75, 3.05) is 18.6 Å². The van der Waals surface area contributed by atoms with Gasteiger partial charge in [-0.15, -0.1) is 0 Å². The molecule has 88 valence electrons. The average molecular weight is 290 g/mol. The van der Waals surface area contributed by atoms with Crippen LogP contribution in [0.2, 0.25) is 0 Å². The molecule has 1 heterocycles. The van der Waals surface area contributed by atoms with Gasteiger partial charge in [-0.05, 0) is 22.9 Å². The summed E-state index contributed by atoms with van der Waals surface area (Å²) in [5, 5.41) is 19.5. The second kappa shape index (κ2) is 5.22. The number of likely N-dealkylation sites (N-methyl/N-ethyl adjacent to an activating group) is 1. The average Bonchev–Trinajstić information content (AvgIpc) is 2.26. The van der Waals surface area contributed by atoms with Gasteiger partial charge in [0.15, 0.2) is 0 Å². The van der Waals surface area contributed by atoms with Crippen molar-refractivity contribution in [3.8, 4) is 0 Å². The molecule has 1 rings (SSSR count). The van der Waals surface area contributed by atoms with Gasteiger partial charge in [-0.3, -0.25) is 10.1 Å². The standard InChI is InChI=1S/C9H12BrN3O3/c1-6(5-14)12(2)9-8(10)3-7(4-11-9)13(15)16/h3-4,6,14H,5H2,1-2H3. The Kier molecular flexibility index (Phi) is 4.19. The molecule has 0 aliphatic rings. The second-order valence-electron chi connectivity index (χ2n) is 3.40. The molecule has 0 aromatic carbocycles. The second-order valence-corrected chi connectivity index (χ2v) is 4.25. The maximum atomic E-state index is 10.5. The van der Waals surface area contributed by atoms with Gasteiger partial charge in [0, 0.05) is 13.1 Å². The summed E-state index contributed by atoms with van der Waals surface area (Å²) in [6.45, 7) is 1.82. The molecule has 1 unspecified atom stereocenters. The van der Waals surface area contributed by atoms with Crippen LogP contribution in [0.25, 0.3) is 0 Å². The van der Waals surface area contributed by atoms with E-state index in [-0.39, 0.29) is 18.3 Å². The van der Waals surface area contributed by atoms with Crippen LogP contribution in [0, 0.1) is 10.1 Å². The lowest BCUT2D eigenvalue weighted by Gasteiger charge is -2.24. The Labute approximate surface area is 101 Å². The van der Waals surface area contributed by atoms with Crippen LogP contribution in [0.5, 0.6) is 0 Å².